The molecule has 0 spiro atoms. The van der Waals surface area contributed by atoms with Crippen molar-refractivity contribution >= 4 is 23.8 Å². The molecule has 1 rings (SSSR count). The van der Waals surface area contributed by atoms with E-state index in [0.717, 1.165) is 10.5 Å². The van der Waals surface area contributed by atoms with Crippen molar-refractivity contribution in [1.29, 1.82) is 0 Å². The van der Waals surface area contributed by atoms with Gasteiger partial charge in [-0.05, 0) is 32.4 Å². The van der Waals surface area contributed by atoms with Crippen LogP contribution in [0.25, 0.3) is 0 Å². The average molecular weight is 297 g/mol. The number of carbonyl (C=O) groups is 2. The number of thioether (sulfide) groups is 1. The molecule has 0 radical (unpaired) electrons. The quantitative estimate of drug-likeness (QED) is 0.817. The minimum absolute atomic E-state index is 0.0105. The van der Waals surface area contributed by atoms with E-state index in [9.17, 15) is 9.59 Å². The lowest BCUT2D eigenvalue weighted by molar-refractivity contribution is -0.133. The largest absolute Gasteiger partial charge is 0.481 e. The second-order valence-corrected chi connectivity index (χ2v) is 6.16. The van der Waals surface area contributed by atoms with Crippen molar-refractivity contribution in [3.05, 3.63) is 29.8 Å². The molecule has 0 unspecified atom stereocenters. The van der Waals surface area contributed by atoms with E-state index in [0.29, 0.717) is 6.54 Å². The summed E-state index contributed by atoms with van der Waals surface area (Å²) in [4.78, 5) is 23.0. The highest BCUT2D eigenvalue weighted by molar-refractivity contribution is 8.00. The van der Waals surface area contributed by atoms with Gasteiger partial charge in [-0.2, -0.15) is 0 Å². The van der Waals surface area contributed by atoms with Gasteiger partial charge in [0.25, 0.3) is 0 Å². The number of hydrogen-bond acceptors (Lipinski definition) is 4. The van der Waals surface area contributed by atoms with Gasteiger partial charge in [0.15, 0.2) is 0 Å². The SMILES string of the molecule is CC(C)(C)OC(=O)NCc1ccccc1SCC(=O)O. The number of carbonyl (C=O) groups excluding carboxylic acids is 1. The molecule has 20 heavy (non-hydrogen) atoms. The summed E-state index contributed by atoms with van der Waals surface area (Å²) in [7, 11) is 0. The first-order chi connectivity index (χ1) is 9.28. The smallest absolute Gasteiger partial charge is 0.407 e. The number of hydrogen-bond donors (Lipinski definition) is 2. The molecule has 1 aromatic carbocycles. The Morgan fingerprint density at radius 2 is 1.95 bits per heavy atom. The summed E-state index contributed by atoms with van der Waals surface area (Å²) in [5.41, 5.74) is 0.325. The lowest BCUT2D eigenvalue weighted by Crippen LogP contribution is -2.32. The molecule has 0 aliphatic heterocycles. The molecule has 0 atom stereocenters. The molecule has 1 aromatic rings. The third-order valence-electron chi connectivity index (χ3n) is 2.15. The predicted molar refractivity (Wildman–Crippen MR) is 77.9 cm³/mol. The fourth-order valence-corrected chi connectivity index (χ4v) is 2.19. The first-order valence-electron chi connectivity index (χ1n) is 6.17. The lowest BCUT2D eigenvalue weighted by atomic mass is 10.2. The Balaban J connectivity index is 2.59. The van der Waals surface area contributed by atoms with Gasteiger partial charge in [0.1, 0.15) is 5.60 Å². The Bertz CT molecular complexity index is 482. The second kappa shape index (κ2) is 7.19. The normalized spacial score (nSPS) is 10.9. The monoisotopic (exact) mass is 297 g/mol. The van der Waals surface area contributed by atoms with Gasteiger partial charge in [0.2, 0.25) is 0 Å². The predicted octanol–water partition coefficient (Wildman–Crippen LogP) is 2.89. The van der Waals surface area contributed by atoms with Crippen molar-refractivity contribution in [2.75, 3.05) is 5.75 Å². The van der Waals surface area contributed by atoms with Crippen LogP contribution in [0.3, 0.4) is 0 Å². The minimum Gasteiger partial charge on any atom is -0.481 e. The summed E-state index contributed by atoms with van der Waals surface area (Å²) in [6.07, 6.45) is -0.490. The van der Waals surface area contributed by atoms with Crippen LogP contribution >= 0.6 is 11.8 Å². The van der Waals surface area contributed by atoms with E-state index in [-0.39, 0.29) is 5.75 Å². The van der Waals surface area contributed by atoms with E-state index in [1.807, 2.05) is 24.3 Å². The van der Waals surface area contributed by atoms with Gasteiger partial charge in [-0.3, -0.25) is 4.79 Å². The van der Waals surface area contributed by atoms with Gasteiger partial charge in [-0.25, -0.2) is 4.79 Å². The van der Waals surface area contributed by atoms with Crippen LogP contribution in [-0.4, -0.2) is 28.5 Å². The molecule has 0 saturated carbocycles. The number of rotatable bonds is 5. The van der Waals surface area contributed by atoms with Crippen LogP contribution < -0.4 is 5.32 Å². The summed E-state index contributed by atoms with van der Waals surface area (Å²) in [5.74, 6) is -0.881. The number of alkyl carbamates (subject to hydrolysis) is 1. The molecular formula is C14H19NO4S. The zero-order valence-electron chi connectivity index (χ0n) is 11.8. The molecule has 0 saturated heterocycles. The second-order valence-electron chi connectivity index (χ2n) is 5.15. The molecule has 5 nitrogen and oxygen atoms in total. The van der Waals surface area contributed by atoms with Crippen molar-refractivity contribution in [2.45, 2.75) is 37.8 Å². The van der Waals surface area contributed by atoms with Crippen LogP contribution in [0.1, 0.15) is 26.3 Å². The van der Waals surface area contributed by atoms with Crippen molar-refractivity contribution in [3.63, 3.8) is 0 Å². The maximum absolute atomic E-state index is 11.6. The van der Waals surface area contributed by atoms with Gasteiger partial charge >= 0.3 is 12.1 Å². The van der Waals surface area contributed by atoms with E-state index in [1.54, 1.807) is 20.8 Å². The lowest BCUT2D eigenvalue weighted by Gasteiger charge is -2.20. The van der Waals surface area contributed by atoms with Gasteiger partial charge in [-0.15, -0.1) is 11.8 Å². The Morgan fingerprint density at radius 1 is 1.30 bits per heavy atom. The van der Waals surface area contributed by atoms with Crippen molar-refractivity contribution < 1.29 is 19.4 Å². The average Bonchev–Trinajstić information content (AvgIpc) is 2.32. The standard InChI is InChI=1S/C14H19NO4S/c1-14(2,3)19-13(18)15-8-10-6-4-5-7-11(10)20-9-12(16)17/h4-7H,8-9H2,1-3H3,(H,15,18)(H,16,17). The van der Waals surface area contributed by atoms with Crippen LogP contribution in [-0.2, 0) is 16.1 Å². The molecule has 110 valence electrons. The number of nitrogens with one attached hydrogen (secondary N) is 1. The first kappa shape index (κ1) is 16.4. The summed E-state index contributed by atoms with van der Waals surface area (Å²) < 4.78 is 5.15. The van der Waals surface area contributed by atoms with E-state index < -0.39 is 17.7 Å². The van der Waals surface area contributed by atoms with Gasteiger partial charge in [-0.1, -0.05) is 18.2 Å². The highest BCUT2D eigenvalue weighted by atomic mass is 32.2. The number of benzene rings is 1. The number of carboxylic acids is 1. The Hall–Kier alpha value is -1.69. The zero-order chi connectivity index (χ0) is 15.2. The maximum Gasteiger partial charge on any atom is 0.407 e. The fourth-order valence-electron chi connectivity index (χ4n) is 1.41. The minimum atomic E-state index is -0.870. The van der Waals surface area contributed by atoms with Gasteiger partial charge in [0, 0.05) is 11.4 Å². The molecule has 6 heteroatoms. The summed E-state index contributed by atoms with van der Waals surface area (Å²) in [6.45, 7) is 5.69. The molecule has 0 aliphatic carbocycles. The third kappa shape index (κ3) is 6.47. The fraction of sp³-hybridized carbons (Fsp3) is 0.429. The Morgan fingerprint density at radius 3 is 2.55 bits per heavy atom. The Labute approximate surface area is 122 Å². The highest BCUT2D eigenvalue weighted by Crippen LogP contribution is 2.22. The first-order valence-corrected chi connectivity index (χ1v) is 7.16. The van der Waals surface area contributed by atoms with Crippen molar-refractivity contribution in [1.82, 2.24) is 5.32 Å². The summed E-state index contributed by atoms with van der Waals surface area (Å²) >= 11 is 1.23. The van der Waals surface area contributed by atoms with Crippen LogP contribution in [0.2, 0.25) is 0 Å². The van der Waals surface area contributed by atoms with Gasteiger partial charge < -0.3 is 15.2 Å². The Kier molecular flexibility index (Phi) is 5.88. The van der Waals surface area contributed by atoms with Crippen LogP contribution in [0.4, 0.5) is 4.79 Å². The molecule has 2 N–H and O–H groups in total. The van der Waals surface area contributed by atoms with Crippen molar-refractivity contribution in [2.24, 2.45) is 0 Å². The van der Waals surface area contributed by atoms with Crippen LogP contribution in [0, 0.1) is 0 Å². The third-order valence-corrected chi connectivity index (χ3v) is 3.25. The highest BCUT2D eigenvalue weighted by Gasteiger charge is 2.16. The van der Waals surface area contributed by atoms with E-state index in [4.69, 9.17) is 9.84 Å². The number of aliphatic carboxylic acids is 1. The van der Waals surface area contributed by atoms with Crippen LogP contribution in [0.15, 0.2) is 29.2 Å². The molecule has 0 fully saturated rings. The van der Waals surface area contributed by atoms with E-state index in [2.05, 4.69) is 5.32 Å². The number of amides is 1. The van der Waals surface area contributed by atoms with E-state index >= 15 is 0 Å². The number of carboxylic acid groups (broad SMARTS) is 1. The molecular weight excluding hydrogens is 278 g/mol. The van der Waals surface area contributed by atoms with E-state index in [1.165, 1.54) is 11.8 Å². The summed E-state index contributed by atoms with van der Waals surface area (Å²) in [5, 5.41) is 11.4. The molecule has 0 aliphatic rings. The topological polar surface area (TPSA) is 75.6 Å². The summed E-state index contributed by atoms with van der Waals surface area (Å²) in [6, 6.07) is 7.36. The molecule has 0 bridgehead atoms. The van der Waals surface area contributed by atoms with Crippen LogP contribution in [0.5, 0.6) is 0 Å². The molecule has 1 amide bonds. The van der Waals surface area contributed by atoms with Crippen molar-refractivity contribution in [3.8, 4) is 0 Å². The molecule has 0 heterocycles. The zero-order valence-corrected chi connectivity index (χ0v) is 12.6. The number of ether oxygens (including phenoxy) is 1. The molecule has 0 aromatic heterocycles. The van der Waals surface area contributed by atoms with Gasteiger partial charge in [0.05, 0.1) is 5.75 Å². The maximum atomic E-state index is 11.6.